The fourth-order valence-electron chi connectivity index (χ4n) is 3.34. The van der Waals surface area contributed by atoms with E-state index in [1.807, 2.05) is 61.5 Å². The molecule has 0 saturated heterocycles. The van der Waals surface area contributed by atoms with Crippen LogP contribution in [0.25, 0.3) is 22.5 Å². The Labute approximate surface area is 171 Å². The summed E-state index contributed by atoms with van der Waals surface area (Å²) in [5.41, 5.74) is 5.33. The molecule has 0 radical (unpaired) electrons. The third-order valence-electron chi connectivity index (χ3n) is 4.87. The summed E-state index contributed by atoms with van der Waals surface area (Å²) < 4.78 is 5.60. The van der Waals surface area contributed by atoms with E-state index in [4.69, 9.17) is 9.63 Å². The van der Waals surface area contributed by atoms with Crippen LogP contribution in [0.3, 0.4) is 0 Å². The fourth-order valence-corrected chi connectivity index (χ4v) is 3.34. The maximum atomic E-state index is 11.2. The lowest BCUT2D eigenvalue weighted by molar-refractivity contribution is -0.136. The zero-order chi connectivity index (χ0) is 20.8. The molecule has 5 nitrogen and oxygen atoms in total. The van der Waals surface area contributed by atoms with Gasteiger partial charge in [0.2, 0.25) is 0 Å². The SMILES string of the molecule is C=CCCC(C)Nc1c(C)noc1-c1ccc(-c2ccccc2CC(=O)O)cc1. The van der Waals surface area contributed by atoms with Gasteiger partial charge < -0.3 is 14.9 Å². The highest BCUT2D eigenvalue weighted by molar-refractivity contribution is 5.79. The van der Waals surface area contributed by atoms with Crippen molar-refractivity contribution in [3.05, 3.63) is 72.4 Å². The van der Waals surface area contributed by atoms with Crippen molar-refractivity contribution in [1.29, 1.82) is 0 Å². The Hall–Kier alpha value is -3.34. The number of benzene rings is 2. The Morgan fingerprint density at radius 2 is 1.90 bits per heavy atom. The highest BCUT2D eigenvalue weighted by atomic mass is 16.5. The summed E-state index contributed by atoms with van der Waals surface area (Å²) in [6, 6.07) is 15.8. The fraction of sp³-hybridized carbons (Fsp3) is 0.250. The number of hydrogen-bond acceptors (Lipinski definition) is 4. The number of nitrogens with zero attached hydrogens (tertiary/aromatic N) is 1. The molecule has 0 bridgehead atoms. The second-order valence-electron chi connectivity index (χ2n) is 7.19. The number of allylic oxidation sites excluding steroid dienone is 1. The van der Waals surface area contributed by atoms with E-state index in [0.29, 0.717) is 5.76 Å². The summed E-state index contributed by atoms with van der Waals surface area (Å²) in [7, 11) is 0. The van der Waals surface area contributed by atoms with Gasteiger partial charge in [0, 0.05) is 11.6 Å². The van der Waals surface area contributed by atoms with Gasteiger partial charge >= 0.3 is 5.97 Å². The first-order valence-electron chi connectivity index (χ1n) is 9.73. The van der Waals surface area contributed by atoms with Gasteiger partial charge in [-0.1, -0.05) is 59.8 Å². The van der Waals surface area contributed by atoms with Gasteiger partial charge in [-0.25, -0.2) is 0 Å². The van der Waals surface area contributed by atoms with Crippen LogP contribution in [0.5, 0.6) is 0 Å². The van der Waals surface area contributed by atoms with Crippen molar-refractivity contribution in [2.45, 2.75) is 39.2 Å². The molecule has 1 unspecified atom stereocenters. The van der Waals surface area contributed by atoms with Crippen LogP contribution in [0.4, 0.5) is 5.69 Å². The van der Waals surface area contributed by atoms with Crippen LogP contribution in [0, 0.1) is 6.92 Å². The van der Waals surface area contributed by atoms with Gasteiger partial charge in [0.15, 0.2) is 5.76 Å². The van der Waals surface area contributed by atoms with Gasteiger partial charge in [-0.15, -0.1) is 6.58 Å². The predicted octanol–water partition coefficient (Wildman–Crippen LogP) is 5.71. The molecular formula is C24H26N2O3. The molecule has 0 spiro atoms. The van der Waals surface area contributed by atoms with Crippen LogP contribution >= 0.6 is 0 Å². The number of nitrogens with one attached hydrogen (secondary N) is 1. The van der Waals surface area contributed by atoms with Gasteiger partial charge in [0.05, 0.1) is 6.42 Å². The Morgan fingerprint density at radius 3 is 2.59 bits per heavy atom. The molecule has 0 amide bonds. The first-order chi connectivity index (χ1) is 14.0. The number of aliphatic carboxylic acids is 1. The monoisotopic (exact) mass is 390 g/mol. The van der Waals surface area contributed by atoms with E-state index >= 15 is 0 Å². The minimum atomic E-state index is -0.840. The number of rotatable bonds is 9. The highest BCUT2D eigenvalue weighted by Crippen LogP contribution is 2.33. The van der Waals surface area contributed by atoms with Gasteiger partial charge in [0.1, 0.15) is 11.4 Å². The first-order valence-corrected chi connectivity index (χ1v) is 9.73. The molecule has 0 aliphatic carbocycles. The first kappa shape index (κ1) is 20.4. The molecule has 1 heterocycles. The molecule has 150 valence electrons. The number of carboxylic acids is 1. The summed E-state index contributed by atoms with van der Waals surface area (Å²) in [4.78, 5) is 11.2. The number of carboxylic acid groups (broad SMARTS) is 1. The summed E-state index contributed by atoms with van der Waals surface area (Å²) in [5, 5.41) is 16.8. The largest absolute Gasteiger partial charge is 0.481 e. The van der Waals surface area contributed by atoms with E-state index in [9.17, 15) is 4.79 Å². The topological polar surface area (TPSA) is 75.4 Å². The van der Waals surface area contributed by atoms with Crippen molar-refractivity contribution < 1.29 is 14.4 Å². The van der Waals surface area contributed by atoms with E-state index in [-0.39, 0.29) is 12.5 Å². The second kappa shape index (κ2) is 9.24. The average molecular weight is 390 g/mol. The minimum absolute atomic E-state index is 0.00408. The van der Waals surface area contributed by atoms with E-state index < -0.39 is 5.97 Å². The van der Waals surface area contributed by atoms with Crippen molar-refractivity contribution in [1.82, 2.24) is 5.16 Å². The lowest BCUT2D eigenvalue weighted by atomic mass is 9.96. The minimum Gasteiger partial charge on any atom is -0.481 e. The second-order valence-corrected chi connectivity index (χ2v) is 7.19. The Balaban J connectivity index is 1.87. The zero-order valence-electron chi connectivity index (χ0n) is 16.8. The molecule has 2 N–H and O–H groups in total. The normalized spacial score (nSPS) is 11.8. The molecule has 2 aromatic carbocycles. The van der Waals surface area contributed by atoms with Crippen LogP contribution in [-0.4, -0.2) is 22.3 Å². The van der Waals surface area contributed by atoms with Crippen LogP contribution in [-0.2, 0) is 11.2 Å². The summed E-state index contributed by atoms with van der Waals surface area (Å²) >= 11 is 0. The molecule has 3 aromatic rings. The van der Waals surface area contributed by atoms with Crippen molar-refractivity contribution in [2.75, 3.05) is 5.32 Å². The van der Waals surface area contributed by atoms with Crippen LogP contribution in [0.1, 0.15) is 31.0 Å². The van der Waals surface area contributed by atoms with Crippen molar-refractivity contribution in [3.63, 3.8) is 0 Å². The summed E-state index contributed by atoms with van der Waals surface area (Å²) in [5.74, 6) is -0.134. The predicted molar refractivity (Wildman–Crippen MR) is 116 cm³/mol. The van der Waals surface area contributed by atoms with Crippen LogP contribution < -0.4 is 5.32 Å². The highest BCUT2D eigenvalue weighted by Gasteiger charge is 2.17. The maximum absolute atomic E-state index is 11.2. The molecule has 29 heavy (non-hydrogen) atoms. The Morgan fingerprint density at radius 1 is 1.21 bits per heavy atom. The van der Waals surface area contributed by atoms with E-state index in [1.54, 1.807) is 0 Å². The molecule has 0 aliphatic rings. The van der Waals surface area contributed by atoms with Crippen LogP contribution in [0.2, 0.25) is 0 Å². The maximum Gasteiger partial charge on any atom is 0.307 e. The molecule has 1 atom stereocenters. The number of hydrogen-bond donors (Lipinski definition) is 2. The molecule has 0 fully saturated rings. The van der Waals surface area contributed by atoms with Crippen LogP contribution in [0.15, 0.2) is 65.7 Å². The third-order valence-corrected chi connectivity index (χ3v) is 4.87. The smallest absolute Gasteiger partial charge is 0.307 e. The summed E-state index contributed by atoms with van der Waals surface area (Å²) in [6.07, 6.45) is 3.83. The summed E-state index contributed by atoms with van der Waals surface area (Å²) in [6.45, 7) is 7.83. The number of aryl methyl sites for hydroxylation is 1. The van der Waals surface area contributed by atoms with Gasteiger partial charge in [-0.05, 0) is 43.4 Å². The van der Waals surface area contributed by atoms with Crippen molar-refractivity contribution in [3.8, 4) is 22.5 Å². The third kappa shape index (κ3) is 4.93. The molecule has 1 aromatic heterocycles. The van der Waals surface area contributed by atoms with Gasteiger partial charge in [-0.2, -0.15) is 0 Å². The Kier molecular flexibility index (Phi) is 6.50. The number of anilines is 1. The molecule has 0 aliphatic heterocycles. The van der Waals surface area contributed by atoms with Gasteiger partial charge in [0.25, 0.3) is 0 Å². The molecule has 0 saturated carbocycles. The van der Waals surface area contributed by atoms with Crippen molar-refractivity contribution in [2.24, 2.45) is 0 Å². The van der Waals surface area contributed by atoms with E-state index in [0.717, 1.165) is 46.5 Å². The number of aromatic nitrogens is 1. The molecular weight excluding hydrogens is 364 g/mol. The lowest BCUT2D eigenvalue weighted by Crippen LogP contribution is -2.15. The van der Waals surface area contributed by atoms with Gasteiger partial charge in [-0.3, -0.25) is 4.79 Å². The molecule has 5 heteroatoms. The quantitative estimate of drug-likeness (QED) is 0.458. The average Bonchev–Trinajstić information content (AvgIpc) is 3.07. The zero-order valence-corrected chi connectivity index (χ0v) is 16.8. The standard InChI is InChI=1S/C24H26N2O3/c1-4-5-8-16(2)25-23-17(3)26-29-24(23)19-13-11-18(12-14-19)21-10-7-6-9-20(21)15-22(27)28/h4,6-7,9-14,16,25H,1,5,8,15H2,2-3H3,(H,27,28). The van der Waals surface area contributed by atoms with Crippen molar-refractivity contribution >= 4 is 11.7 Å². The molecule has 3 rings (SSSR count). The van der Waals surface area contributed by atoms with E-state index in [2.05, 4.69) is 24.0 Å². The lowest BCUT2D eigenvalue weighted by Gasteiger charge is -2.14. The number of carbonyl (C=O) groups is 1. The Bertz CT molecular complexity index is 990. The van der Waals surface area contributed by atoms with E-state index in [1.165, 1.54) is 0 Å².